The molecule has 0 radical (unpaired) electrons. The Kier molecular flexibility index (Phi) is 4.33. The maximum atomic E-state index is 3.60. The average molecular weight is 337 g/mol. The van der Waals surface area contributed by atoms with Gasteiger partial charge in [-0.25, -0.2) is 0 Å². The number of thiophene rings is 1. The van der Waals surface area contributed by atoms with E-state index in [0.29, 0.717) is 6.04 Å². The molecule has 1 atom stereocenters. The summed E-state index contributed by atoms with van der Waals surface area (Å²) >= 11 is 5.29. The lowest BCUT2D eigenvalue weighted by atomic mass is 9.94. The monoisotopic (exact) mass is 336 g/mol. The van der Waals surface area contributed by atoms with E-state index in [2.05, 4.69) is 63.0 Å². The van der Waals surface area contributed by atoms with Gasteiger partial charge in [0.25, 0.3) is 0 Å². The molecule has 0 saturated carbocycles. The quantitative estimate of drug-likeness (QED) is 0.893. The minimum absolute atomic E-state index is 0.438. The Labute approximate surface area is 126 Å². The van der Waals surface area contributed by atoms with Crippen LogP contribution >= 0.6 is 27.3 Å². The summed E-state index contributed by atoms with van der Waals surface area (Å²) in [5, 5.41) is 7.15. The van der Waals surface area contributed by atoms with Gasteiger partial charge in [0.2, 0.25) is 0 Å². The van der Waals surface area contributed by atoms with Gasteiger partial charge < -0.3 is 10.6 Å². The van der Waals surface area contributed by atoms with E-state index in [-0.39, 0.29) is 0 Å². The van der Waals surface area contributed by atoms with Crippen LogP contribution < -0.4 is 10.6 Å². The van der Waals surface area contributed by atoms with E-state index in [1.54, 1.807) is 11.3 Å². The van der Waals surface area contributed by atoms with Crippen molar-refractivity contribution in [2.75, 3.05) is 13.1 Å². The molecule has 1 aliphatic rings. The molecular formula is C15H17BrN2S. The van der Waals surface area contributed by atoms with E-state index >= 15 is 0 Å². The Morgan fingerprint density at radius 1 is 1.26 bits per heavy atom. The Hall–Kier alpha value is -0.680. The van der Waals surface area contributed by atoms with Crippen LogP contribution in [0.4, 0.5) is 0 Å². The largest absolute Gasteiger partial charge is 0.310 e. The molecule has 0 spiro atoms. The summed E-state index contributed by atoms with van der Waals surface area (Å²) in [6.07, 6.45) is 1.14. The maximum Gasteiger partial charge on any atom is 0.0701 e. The van der Waals surface area contributed by atoms with E-state index in [4.69, 9.17) is 0 Å². The Morgan fingerprint density at radius 3 is 3.00 bits per heavy atom. The van der Waals surface area contributed by atoms with E-state index in [9.17, 15) is 0 Å². The normalized spacial score (nSPS) is 18.3. The molecule has 1 aromatic carbocycles. The Balaban J connectivity index is 1.59. The van der Waals surface area contributed by atoms with Gasteiger partial charge in [-0.3, -0.25) is 0 Å². The first-order valence-corrected chi connectivity index (χ1v) is 8.20. The summed E-state index contributed by atoms with van der Waals surface area (Å²) in [4.78, 5) is 1.37. The zero-order valence-corrected chi connectivity index (χ0v) is 13.1. The molecule has 0 bridgehead atoms. The van der Waals surface area contributed by atoms with Gasteiger partial charge in [0.05, 0.1) is 3.79 Å². The van der Waals surface area contributed by atoms with Crippen LogP contribution in [0.1, 0.15) is 22.0 Å². The van der Waals surface area contributed by atoms with Crippen molar-refractivity contribution < 1.29 is 0 Å². The third-order valence-corrected chi connectivity index (χ3v) is 5.12. The van der Waals surface area contributed by atoms with E-state index in [0.717, 1.165) is 26.1 Å². The van der Waals surface area contributed by atoms with Gasteiger partial charge in [-0.05, 0) is 52.2 Å². The van der Waals surface area contributed by atoms with Crippen molar-refractivity contribution in [3.63, 3.8) is 0 Å². The summed E-state index contributed by atoms with van der Waals surface area (Å²) in [5.41, 5.74) is 2.94. The number of rotatable bonds is 4. The molecule has 2 aromatic rings. The standard InChI is InChI=1S/C15H17BrN2S/c16-15-6-5-12(19-15)9-17-10-14-13-4-2-1-3-11(13)7-8-18-14/h1-6,14,17-18H,7-10H2. The molecule has 0 saturated heterocycles. The van der Waals surface area contributed by atoms with Crippen LogP contribution in [0.5, 0.6) is 0 Å². The Morgan fingerprint density at radius 2 is 2.16 bits per heavy atom. The highest BCUT2D eigenvalue weighted by Crippen LogP contribution is 2.23. The van der Waals surface area contributed by atoms with Crippen LogP contribution in [-0.2, 0) is 13.0 Å². The summed E-state index contributed by atoms with van der Waals surface area (Å²) in [6, 6.07) is 13.5. The Bertz CT molecular complexity index is 553. The van der Waals surface area contributed by atoms with Crippen molar-refractivity contribution in [3.05, 3.63) is 56.2 Å². The van der Waals surface area contributed by atoms with E-state index in [1.807, 2.05) is 0 Å². The molecule has 3 rings (SSSR count). The topological polar surface area (TPSA) is 24.1 Å². The van der Waals surface area contributed by atoms with Crippen molar-refractivity contribution in [3.8, 4) is 0 Å². The molecule has 1 aromatic heterocycles. The molecule has 2 heterocycles. The zero-order chi connectivity index (χ0) is 13.1. The van der Waals surface area contributed by atoms with Crippen molar-refractivity contribution in [2.24, 2.45) is 0 Å². The first kappa shape index (κ1) is 13.3. The van der Waals surface area contributed by atoms with Crippen LogP contribution in [0.25, 0.3) is 0 Å². The van der Waals surface area contributed by atoms with E-state index in [1.165, 1.54) is 19.8 Å². The molecular weight excluding hydrogens is 320 g/mol. The second-order valence-corrected chi connectivity index (χ2v) is 7.34. The van der Waals surface area contributed by atoms with Gasteiger partial charge in [0.15, 0.2) is 0 Å². The fourth-order valence-electron chi connectivity index (χ4n) is 2.56. The molecule has 4 heteroatoms. The first-order valence-electron chi connectivity index (χ1n) is 6.59. The molecule has 100 valence electrons. The molecule has 1 aliphatic heterocycles. The van der Waals surface area contributed by atoms with Crippen LogP contribution in [0.2, 0.25) is 0 Å². The summed E-state index contributed by atoms with van der Waals surface area (Å²) < 4.78 is 1.20. The molecule has 0 fully saturated rings. The van der Waals surface area contributed by atoms with Crippen molar-refractivity contribution in [2.45, 2.75) is 19.0 Å². The second kappa shape index (κ2) is 6.18. The lowest BCUT2D eigenvalue weighted by Gasteiger charge is -2.27. The molecule has 0 aliphatic carbocycles. The summed E-state index contributed by atoms with van der Waals surface area (Å²) in [7, 11) is 0. The lowest BCUT2D eigenvalue weighted by molar-refractivity contribution is 0.469. The lowest BCUT2D eigenvalue weighted by Crippen LogP contribution is -2.36. The van der Waals surface area contributed by atoms with Gasteiger partial charge in [0, 0.05) is 24.0 Å². The fourth-order valence-corrected chi connectivity index (χ4v) is 4.01. The van der Waals surface area contributed by atoms with Gasteiger partial charge in [0.1, 0.15) is 0 Å². The highest BCUT2D eigenvalue weighted by Gasteiger charge is 2.18. The third-order valence-electron chi connectivity index (χ3n) is 3.49. The molecule has 1 unspecified atom stereocenters. The summed E-state index contributed by atoms with van der Waals surface area (Å²) in [6.45, 7) is 3.00. The molecule has 2 N–H and O–H groups in total. The van der Waals surface area contributed by atoms with Crippen LogP contribution in [0, 0.1) is 0 Å². The highest BCUT2D eigenvalue weighted by molar-refractivity contribution is 9.11. The smallest absolute Gasteiger partial charge is 0.0701 e. The molecule has 19 heavy (non-hydrogen) atoms. The highest BCUT2D eigenvalue weighted by atomic mass is 79.9. The average Bonchev–Trinajstić information content (AvgIpc) is 2.85. The third kappa shape index (κ3) is 3.26. The minimum atomic E-state index is 0.438. The number of hydrogen-bond acceptors (Lipinski definition) is 3. The van der Waals surface area contributed by atoms with Gasteiger partial charge >= 0.3 is 0 Å². The second-order valence-electron chi connectivity index (χ2n) is 4.79. The van der Waals surface area contributed by atoms with Crippen molar-refractivity contribution in [1.82, 2.24) is 10.6 Å². The first-order chi connectivity index (χ1) is 9.33. The fraction of sp³-hybridized carbons (Fsp3) is 0.333. The van der Waals surface area contributed by atoms with Crippen LogP contribution in [0.3, 0.4) is 0 Å². The minimum Gasteiger partial charge on any atom is -0.310 e. The van der Waals surface area contributed by atoms with Gasteiger partial charge in [-0.15, -0.1) is 11.3 Å². The van der Waals surface area contributed by atoms with E-state index < -0.39 is 0 Å². The molecule has 0 amide bonds. The number of hydrogen-bond donors (Lipinski definition) is 2. The predicted octanol–water partition coefficient (Wildman–Crippen LogP) is 3.49. The van der Waals surface area contributed by atoms with Crippen molar-refractivity contribution in [1.29, 1.82) is 0 Å². The SMILES string of the molecule is Brc1ccc(CNCC2NCCc3ccccc32)s1. The maximum absolute atomic E-state index is 3.60. The number of halogens is 1. The zero-order valence-electron chi connectivity index (χ0n) is 10.7. The van der Waals surface area contributed by atoms with Gasteiger partial charge in [-0.1, -0.05) is 24.3 Å². The van der Waals surface area contributed by atoms with Gasteiger partial charge in [-0.2, -0.15) is 0 Å². The molecule has 2 nitrogen and oxygen atoms in total. The van der Waals surface area contributed by atoms with Crippen LogP contribution in [-0.4, -0.2) is 13.1 Å². The van der Waals surface area contributed by atoms with Crippen LogP contribution in [0.15, 0.2) is 40.2 Å². The number of fused-ring (bicyclic) bond motifs is 1. The van der Waals surface area contributed by atoms with Crippen molar-refractivity contribution >= 4 is 27.3 Å². The predicted molar refractivity (Wildman–Crippen MR) is 84.6 cm³/mol. The number of nitrogens with one attached hydrogen (secondary N) is 2. The number of benzene rings is 1. The summed E-state index contributed by atoms with van der Waals surface area (Å²) in [5.74, 6) is 0.